The van der Waals surface area contributed by atoms with E-state index in [2.05, 4.69) is 4.98 Å². The lowest BCUT2D eigenvalue weighted by Crippen LogP contribution is -2.35. The number of hydrogen-bond acceptors (Lipinski definition) is 7. The fourth-order valence-corrected chi connectivity index (χ4v) is 3.21. The number of nitrogens with one attached hydrogen (secondary N) is 1. The minimum Gasteiger partial charge on any atom is -0.497 e. The van der Waals surface area contributed by atoms with Crippen molar-refractivity contribution in [2.45, 2.75) is 13.2 Å². The summed E-state index contributed by atoms with van der Waals surface area (Å²) in [7, 11) is -0.582. The number of hydrogen-bond donors (Lipinski definition) is 1. The Kier molecular flexibility index (Phi) is 5.76. The molecule has 3 aromatic rings. The lowest BCUT2D eigenvalue weighted by atomic mass is 10.1. The molecule has 0 atom stereocenters. The van der Waals surface area contributed by atoms with Gasteiger partial charge in [-0.25, -0.2) is 4.79 Å². The van der Waals surface area contributed by atoms with E-state index in [-0.39, 0.29) is 13.2 Å². The molecule has 154 valence electrons. The highest BCUT2D eigenvalue weighted by atomic mass is 32.2. The Morgan fingerprint density at radius 1 is 1.03 bits per heavy atom. The average Bonchev–Trinajstić information content (AvgIpc) is 2.68. The lowest BCUT2D eigenvalue weighted by molar-refractivity contribution is 0.312. The van der Waals surface area contributed by atoms with Crippen molar-refractivity contribution in [2.24, 2.45) is 0 Å². The molecule has 10 heteroatoms. The summed E-state index contributed by atoms with van der Waals surface area (Å²) in [6.07, 6.45) is 0.946. The molecule has 2 aromatic carbocycles. The van der Waals surface area contributed by atoms with Gasteiger partial charge in [-0.1, -0.05) is 6.07 Å². The number of methoxy groups -OCH3 is 2. The van der Waals surface area contributed by atoms with Gasteiger partial charge in [0.1, 0.15) is 11.5 Å². The van der Waals surface area contributed by atoms with E-state index in [0.717, 1.165) is 10.8 Å². The molecule has 0 saturated heterocycles. The molecule has 3 rings (SSSR count). The zero-order valence-corrected chi connectivity index (χ0v) is 16.9. The molecule has 9 nitrogen and oxygen atoms in total. The van der Waals surface area contributed by atoms with Crippen LogP contribution in [0.1, 0.15) is 11.1 Å². The number of fused-ring (bicyclic) bond motifs is 1. The van der Waals surface area contributed by atoms with Crippen molar-refractivity contribution in [3.05, 3.63) is 68.4 Å². The molecule has 1 aromatic heterocycles. The Morgan fingerprint density at radius 2 is 1.79 bits per heavy atom. The number of nitrogens with zero attached hydrogens (tertiary/aromatic N) is 1. The van der Waals surface area contributed by atoms with Crippen LogP contribution >= 0.6 is 0 Å². The summed E-state index contributed by atoms with van der Waals surface area (Å²) >= 11 is 0. The fourth-order valence-electron chi connectivity index (χ4n) is 2.86. The third-order valence-electron chi connectivity index (χ3n) is 4.31. The molecule has 0 bridgehead atoms. The summed E-state index contributed by atoms with van der Waals surface area (Å²) in [5.74, 6) is 1.08. The molecule has 0 unspecified atom stereocenters. The van der Waals surface area contributed by atoms with E-state index >= 15 is 0 Å². The summed E-state index contributed by atoms with van der Waals surface area (Å²) in [5.41, 5.74) is 0.372. The van der Waals surface area contributed by atoms with Crippen molar-refractivity contribution < 1.29 is 22.1 Å². The predicted octanol–water partition coefficient (Wildman–Crippen LogP) is 1.23. The zero-order valence-electron chi connectivity index (χ0n) is 16.1. The SMILES string of the molecule is COc1ccc(Cn2c(=O)[nH]c3cc(COS(C)(=O)=O)ccc3c2=O)c(OC)c1. The Bertz CT molecular complexity index is 1280. The van der Waals surface area contributed by atoms with Gasteiger partial charge in [-0.3, -0.25) is 13.5 Å². The molecule has 0 radical (unpaired) electrons. The summed E-state index contributed by atoms with van der Waals surface area (Å²) < 4.78 is 38.6. The van der Waals surface area contributed by atoms with Gasteiger partial charge in [0, 0.05) is 11.6 Å². The largest absolute Gasteiger partial charge is 0.497 e. The quantitative estimate of drug-likeness (QED) is 0.572. The molecule has 0 aliphatic rings. The molecule has 0 spiro atoms. The third-order valence-corrected chi connectivity index (χ3v) is 4.85. The maximum atomic E-state index is 12.9. The van der Waals surface area contributed by atoms with Crippen LogP contribution in [0.15, 0.2) is 46.0 Å². The zero-order chi connectivity index (χ0) is 21.2. The van der Waals surface area contributed by atoms with Crippen LogP contribution in [0.3, 0.4) is 0 Å². The molecule has 0 saturated carbocycles. The molecule has 0 amide bonds. The Balaban J connectivity index is 2.00. The number of H-pyrrole nitrogens is 1. The van der Waals surface area contributed by atoms with Gasteiger partial charge in [0.25, 0.3) is 15.7 Å². The molecule has 1 heterocycles. The van der Waals surface area contributed by atoms with Crippen molar-refractivity contribution in [1.29, 1.82) is 0 Å². The van der Waals surface area contributed by atoms with E-state index in [4.69, 9.17) is 13.7 Å². The van der Waals surface area contributed by atoms with Crippen LogP contribution in [0.25, 0.3) is 10.9 Å². The van der Waals surface area contributed by atoms with E-state index < -0.39 is 21.4 Å². The van der Waals surface area contributed by atoms with Crippen LogP contribution in [0.2, 0.25) is 0 Å². The maximum absolute atomic E-state index is 12.9. The van der Waals surface area contributed by atoms with E-state index in [1.165, 1.54) is 26.4 Å². The van der Waals surface area contributed by atoms with Gasteiger partial charge in [-0.05, 0) is 29.8 Å². The molecule has 0 aliphatic carbocycles. The topological polar surface area (TPSA) is 117 Å². The summed E-state index contributed by atoms with van der Waals surface area (Å²) in [6.45, 7) is -0.181. The molecule has 29 heavy (non-hydrogen) atoms. The van der Waals surface area contributed by atoms with E-state index in [9.17, 15) is 18.0 Å². The lowest BCUT2D eigenvalue weighted by Gasteiger charge is -2.12. The number of ether oxygens (including phenoxy) is 2. The van der Waals surface area contributed by atoms with Gasteiger partial charge in [-0.15, -0.1) is 0 Å². The number of benzene rings is 2. The monoisotopic (exact) mass is 420 g/mol. The maximum Gasteiger partial charge on any atom is 0.329 e. The second-order valence-electron chi connectivity index (χ2n) is 6.35. The van der Waals surface area contributed by atoms with Crippen LogP contribution < -0.4 is 20.7 Å². The number of rotatable bonds is 7. The molecular weight excluding hydrogens is 400 g/mol. The first kappa shape index (κ1) is 20.6. The van der Waals surface area contributed by atoms with Crippen LogP contribution in [-0.2, 0) is 27.5 Å². The smallest absolute Gasteiger partial charge is 0.329 e. The highest BCUT2D eigenvalue weighted by molar-refractivity contribution is 7.85. The highest BCUT2D eigenvalue weighted by Gasteiger charge is 2.13. The van der Waals surface area contributed by atoms with Crippen molar-refractivity contribution in [3.63, 3.8) is 0 Å². The summed E-state index contributed by atoms with van der Waals surface area (Å²) in [4.78, 5) is 28.0. The fraction of sp³-hybridized carbons (Fsp3) is 0.263. The van der Waals surface area contributed by atoms with Gasteiger partial charge in [0.2, 0.25) is 0 Å². The van der Waals surface area contributed by atoms with E-state index in [1.807, 2.05) is 0 Å². The second-order valence-corrected chi connectivity index (χ2v) is 7.99. The Labute approximate surface area is 166 Å². The predicted molar refractivity (Wildman–Crippen MR) is 107 cm³/mol. The van der Waals surface area contributed by atoms with Crippen LogP contribution in [0.5, 0.6) is 11.5 Å². The molecule has 1 N–H and O–H groups in total. The summed E-state index contributed by atoms with van der Waals surface area (Å²) in [5, 5.41) is 0.292. The third kappa shape index (κ3) is 4.66. The molecular formula is C19H20N2O7S. The van der Waals surface area contributed by atoms with E-state index in [0.29, 0.717) is 33.5 Å². The number of aromatic nitrogens is 2. The Hall–Kier alpha value is -3.11. The van der Waals surface area contributed by atoms with Gasteiger partial charge >= 0.3 is 5.69 Å². The standard InChI is InChI=1S/C19H20N2O7S/c1-26-14-6-5-13(17(9-14)27-2)10-21-18(22)15-7-4-12(11-28-29(3,24)25)8-16(15)20-19(21)23/h4-9H,10-11H2,1-3H3,(H,20,23). The first-order valence-corrected chi connectivity index (χ1v) is 10.3. The van der Waals surface area contributed by atoms with E-state index in [1.54, 1.807) is 24.3 Å². The van der Waals surface area contributed by atoms with Gasteiger partial charge in [0.05, 0.1) is 44.5 Å². The highest BCUT2D eigenvalue weighted by Crippen LogP contribution is 2.24. The summed E-state index contributed by atoms with van der Waals surface area (Å²) in [6, 6.07) is 9.72. The first-order chi connectivity index (χ1) is 13.7. The first-order valence-electron chi connectivity index (χ1n) is 8.53. The van der Waals surface area contributed by atoms with Crippen LogP contribution in [-0.4, -0.2) is 38.4 Å². The van der Waals surface area contributed by atoms with Crippen molar-refractivity contribution in [2.75, 3.05) is 20.5 Å². The molecule has 0 aliphatic heterocycles. The minimum atomic E-state index is -3.60. The van der Waals surface area contributed by atoms with Gasteiger partial charge in [0.15, 0.2) is 0 Å². The molecule has 0 fully saturated rings. The normalized spacial score (nSPS) is 11.6. The van der Waals surface area contributed by atoms with Gasteiger partial charge in [-0.2, -0.15) is 8.42 Å². The average molecular weight is 420 g/mol. The second kappa shape index (κ2) is 8.10. The Morgan fingerprint density at radius 3 is 2.45 bits per heavy atom. The van der Waals surface area contributed by atoms with Crippen LogP contribution in [0.4, 0.5) is 0 Å². The van der Waals surface area contributed by atoms with Crippen molar-refractivity contribution >= 4 is 21.0 Å². The van der Waals surface area contributed by atoms with Gasteiger partial charge < -0.3 is 14.5 Å². The van der Waals surface area contributed by atoms with Crippen molar-refractivity contribution in [1.82, 2.24) is 9.55 Å². The van der Waals surface area contributed by atoms with Crippen molar-refractivity contribution in [3.8, 4) is 11.5 Å². The number of aromatic amines is 1. The minimum absolute atomic E-state index is 0.0101. The van der Waals surface area contributed by atoms with Crippen LogP contribution in [0, 0.1) is 0 Å².